The fourth-order valence-electron chi connectivity index (χ4n) is 2.70. The van der Waals surface area contributed by atoms with Crippen molar-refractivity contribution in [2.45, 2.75) is 26.3 Å². The van der Waals surface area contributed by atoms with Crippen LogP contribution in [0.3, 0.4) is 0 Å². The Morgan fingerprint density at radius 3 is 2.70 bits per heavy atom. The third kappa shape index (κ3) is 2.74. The number of nitriles is 1. The summed E-state index contributed by atoms with van der Waals surface area (Å²) in [7, 11) is 0. The lowest BCUT2D eigenvalue weighted by Gasteiger charge is -2.05. The molecule has 0 spiro atoms. The lowest BCUT2D eigenvalue weighted by Crippen LogP contribution is -2.18. The number of pyridine rings is 1. The molecule has 2 heterocycles. The third-order valence-electron chi connectivity index (χ3n) is 3.97. The quantitative estimate of drug-likeness (QED) is 0.745. The summed E-state index contributed by atoms with van der Waals surface area (Å²) < 4.78 is 1.63. The number of rotatable bonds is 3. The van der Waals surface area contributed by atoms with Gasteiger partial charge in [-0.25, -0.2) is 0 Å². The van der Waals surface area contributed by atoms with Crippen molar-refractivity contribution in [3.8, 4) is 17.3 Å². The van der Waals surface area contributed by atoms with Crippen molar-refractivity contribution in [2.24, 2.45) is 0 Å². The average molecular weight is 303 g/mol. The van der Waals surface area contributed by atoms with Crippen LogP contribution in [0, 0.1) is 11.3 Å². The highest BCUT2D eigenvalue weighted by molar-refractivity contribution is 5.70. The zero-order valence-electron chi connectivity index (χ0n) is 13.2. The van der Waals surface area contributed by atoms with E-state index in [0.29, 0.717) is 18.0 Å². The van der Waals surface area contributed by atoms with Gasteiger partial charge in [-0.1, -0.05) is 32.0 Å². The molecule has 2 aliphatic rings. The van der Waals surface area contributed by atoms with E-state index in [4.69, 9.17) is 0 Å². The molecule has 114 valence electrons. The molecule has 1 aliphatic carbocycles. The Morgan fingerprint density at radius 2 is 2.04 bits per heavy atom. The van der Waals surface area contributed by atoms with Crippen LogP contribution in [0.4, 0.5) is 0 Å². The fourth-order valence-corrected chi connectivity index (χ4v) is 2.70. The molecule has 0 atom stereocenters. The van der Waals surface area contributed by atoms with Crippen LogP contribution in [-0.4, -0.2) is 9.55 Å². The van der Waals surface area contributed by atoms with Crippen LogP contribution in [0.15, 0.2) is 53.5 Å². The van der Waals surface area contributed by atoms with Gasteiger partial charge in [0.2, 0.25) is 0 Å². The largest absolute Gasteiger partial charge is 0.301 e. The van der Waals surface area contributed by atoms with Crippen molar-refractivity contribution in [1.82, 2.24) is 9.55 Å². The molecule has 1 aromatic heterocycles. The second kappa shape index (κ2) is 6.05. The van der Waals surface area contributed by atoms with Gasteiger partial charge in [-0.05, 0) is 35.7 Å². The van der Waals surface area contributed by atoms with Crippen LogP contribution in [0.25, 0.3) is 11.3 Å². The Morgan fingerprint density at radius 1 is 1.22 bits per heavy atom. The van der Waals surface area contributed by atoms with Crippen LogP contribution >= 0.6 is 0 Å². The first kappa shape index (κ1) is 15.0. The van der Waals surface area contributed by atoms with Gasteiger partial charge in [-0.15, -0.1) is 0 Å². The van der Waals surface area contributed by atoms with Crippen molar-refractivity contribution in [3.05, 3.63) is 75.8 Å². The van der Waals surface area contributed by atoms with Crippen molar-refractivity contribution in [1.29, 1.82) is 5.26 Å². The molecule has 1 aromatic rings. The summed E-state index contributed by atoms with van der Waals surface area (Å²) >= 11 is 0. The fraction of sp³-hybridized carbons (Fsp3) is 0.211. The SMILES string of the molecule is CC(C)c1cccc2n(Cc3ccccn3)c(=O)c(C#N)c-2c1. The maximum atomic E-state index is 12.6. The van der Waals surface area contributed by atoms with Crippen LogP contribution in [0.1, 0.15) is 36.6 Å². The molecule has 3 rings (SSSR count). The minimum atomic E-state index is -0.256. The molecule has 23 heavy (non-hydrogen) atoms. The van der Waals surface area contributed by atoms with Gasteiger partial charge in [0.15, 0.2) is 0 Å². The number of hydrogen-bond acceptors (Lipinski definition) is 3. The Labute approximate surface area is 135 Å². The molecular formula is C19H17N3O. The van der Waals surface area contributed by atoms with Gasteiger partial charge in [0.25, 0.3) is 5.56 Å². The van der Waals surface area contributed by atoms with Crippen LogP contribution in [-0.2, 0) is 6.54 Å². The van der Waals surface area contributed by atoms with Gasteiger partial charge in [-0.2, -0.15) is 5.26 Å². The van der Waals surface area contributed by atoms with Crippen LogP contribution in [0.2, 0.25) is 0 Å². The lowest BCUT2D eigenvalue weighted by molar-refractivity contribution is 0.762. The summed E-state index contributed by atoms with van der Waals surface area (Å²) in [4.78, 5) is 16.9. The predicted molar refractivity (Wildman–Crippen MR) is 89.5 cm³/mol. The molecule has 0 N–H and O–H groups in total. The van der Waals surface area contributed by atoms with E-state index in [0.717, 1.165) is 17.0 Å². The molecule has 0 amide bonds. The molecule has 1 aliphatic heterocycles. The zero-order chi connectivity index (χ0) is 16.4. The zero-order valence-corrected chi connectivity index (χ0v) is 13.2. The smallest absolute Gasteiger partial charge is 0.270 e. The Kier molecular flexibility index (Phi) is 3.94. The number of aromatic nitrogens is 2. The molecule has 0 fully saturated rings. The highest BCUT2D eigenvalue weighted by Gasteiger charge is 2.20. The lowest BCUT2D eigenvalue weighted by atomic mass is 10.0. The Hall–Kier alpha value is -2.93. The standard InChI is InChI=1S/C19H17N3O/c1-13(2)14-6-5-8-18-16(10-14)17(11-20)19(23)22(18)12-15-7-3-4-9-21-15/h3-10,13H,12H2,1-2H3. The summed E-state index contributed by atoms with van der Waals surface area (Å²) in [6, 6.07) is 15.5. The van der Waals surface area contributed by atoms with Gasteiger partial charge < -0.3 is 4.57 Å². The molecule has 0 unspecified atom stereocenters. The van der Waals surface area contributed by atoms with Crippen LogP contribution < -0.4 is 5.56 Å². The predicted octanol–water partition coefficient (Wildman–Crippen LogP) is 3.39. The molecule has 4 nitrogen and oxygen atoms in total. The van der Waals surface area contributed by atoms with Crippen molar-refractivity contribution in [3.63, 3.8) is 0 Å². The Bertz CT molecular complexity index is 904. The average Bonchev–Trinajstić information content (AvgIpc) is 2.70. The van der Waals surface area contributed by atoms with E-state index in [2.05, 4.69) is 24.9 Å². The summed E-state index contributed by atoms with van der Waals surface area (Å²) in [5.74, 6) is 0.325. The van der Waals surface area contributed by atoms with E-state index in [1.807, 2.05) is 42.5 Å². The first-order valence-corrected chi connectivity index (χ1v) is 7.58. The highest BCUT2D eigenvalue weighted by Crippen LogP contribution is 2.27. The van der Waals surface area contributed by atoms with Crippen molar-refractivity contribution < 1.29 is 0 Å². The van der Waals surface area contributed by atoms with Gasteiger partial charge in [0.05, 0.1) is 17.9 Å². The van der Waals surface area contributed by atoms with Crippen LogP contribution in [0.5, 0.6) is 0 Å². The number of nitrogens with zero attached hydrogens (tertiary/aromatic N) is 3. The van der Waals surface area contributed by atoms with E-state index >= 15 is 0 Å². The first-order chi connectivity index (χ1) is 11.1. The van der Waals surface area contributed by atoms with E-state index in [1.165, 1.54) is 0 Å². The Balaban J connectivity index is 2.21. The molecule has 0 aromatic carbocycles. The molecule has 0 radical (unpaired) electrons. The highest BCUT2D eigenvalue weighted by atomic mass is 16.1. The summed E-state index contributed by atoms with van der Waals surface area (Å²) in [5.41, 5.74) is 3.32. The van der Waals surface area contributed by atoms with Crippen molar-refractivity contribution >= 4 is 0 Å². The monoisotopic (exact) mass is 303 g/mol. The van der Waals surface area contributed by atoms with E-state index in [-0.39, 0.29) is 11.1 Å². The summed E-state index contributed by atoms with van der Waals surface area (Å²) in [6.07, 6.45) is 1.70. The number of hydrogen-bond donors (Lipinski definition) is 0. The molecule has 0 saturated heterocycles. The molecular weight excluding hydrogens is 286 g/mol. The van der Waals surface area contributed by atoms with Gasteiger partial charge in [0.1, 0.15) is 11.6 Å². The molecule has 4 heteroatoms. The normalized spacial score (nSPS) is 10.9. The van der Waals surface area contributed by atoms with E-state index < -0.39 is 0 Å². The minimum absolute atomic E-state index is 0.203. The van der Waals surface area contributed by atoms with Crippen molar-refractivity contribution in [2.75, 3.05) is 0 Å². The minimum Gasteiger partial charge on any atom is -0.301 e. The maximum Gasteiger partial charge on any atom is 0.270 e. The first-order valence-electron chi connectivity index (χ1n) is 7.58. The maximum absolute atomic E-state index is 12.6. The third-order valence-corrected chi connectivity index (χ3v) is 3.97. The van der Waals surface area contributed by atoms with Gasteiger partial charge >= 0.3 is 0 Å². The topological polar surface area (TPSA) is 58.7 Å². The van der Waals surface area contributed by atoms with Gasteiger partial charge in [0, 0.05) is 11.8 Å². The summed E-state index contributed by atoms with van der Waals surface area (Å²) in [6.45, 7) is 4.55. The second-order valence-corrected chi connectivity index (χ2v) is 5.82. The van der Waals surface area contributed by atoms with E-state index in [9.17, 15) is 10.1 Å². The number of fused-ring (bicyclic) bond motifs is 1. The second-order valence-electron chi connectivity index (χ2n) is 5.82. The van der Waals surface area contributed by atoms with Gasteiger partial charge in [-0.3, -0.25) is 9.78 Å². The molecule has 0 bridgehead atoms. The van der Waals surface area contributed by atoms with E-state index in [1.54, 1.807) is 10.8 Å². The molecule has 0 saturated carbocycles. The summed E-state index contributed by atoms with van der Waals surface area (Å²) in [5, 5.41) is 9.43.